The second kappa shape index (κ2) is 4.47. The largest absolute Gasteiger partial charge is 0.506 e. The lowest BCUT2D eigenvalue weighted by Gasteiger charge is -2.07. The number of ketones is 1. The van der Waals surface area contributed by atoms with Gasteiger partial charge in [-0.25, -0.2) is 0 Å². The molecule has 0 saturated carbocycles. The van der Waals surface area contributed by atoms with Crippen molar-refractivity contribution in [3.05, 3.63) is 28.8 Å². The van der Waals surface area contributed by atoms with Crippen LogP contribution in [0.3, 0.4) is 0 Å². The summed E-state index contributed by atoms with van der Waals surface area (Å²) in [5.41, 5.74) is 0.558. The number of carbonyl (C=O) groups is 1. The van der Waals surface area contributed by atoms with Gasteiger partial charge in [-0.15, -0.1) is 0 Å². The van der Waals surface area contributed by atoms with Gasteiger partial charge < -0.3 is 5.11 Å². The van der Waals surface area contributed by atoms with Gasteiger partial charge in [0, 0.05) is 11.5 Å². The van der Waals surface area contributed by atoms with E-state index in [1.807, 2.05) is 13.8 Å². The monoisotopic (exact) mass is 212 g/mol. The number of carbonyl (C=O) groups excluding carboxylic acids is 1. The summed E-state index contributed by atoms with van der Waals surface area (Å²) in [6.45, 7) is 3.84. The molecule has 3 heteroatoms. The van der Waals surface area contributed by atoms with Crippen LogP contribution in [0.5, 0.6) is 5.75 Å². The topological polar surface area (TPSA) is 37.3 Å². The molecule has 1 unspecified atom stereocenters. The predicted octanol–water partition coefficient (Wildman–Crippen LogP) is 3.27. The Morgan fingerprint density at radius 1 is 1.57 bits per heavy atom. The average Bonchev–Trinajstić information content (AvgIpc) is 2.20. The highest BCUT2D eigenvalue weighted by Gasteiger charge is 2.14. The third-order valence-electron chi connectivity index (χ3n) is 2.29. The Labute approximate surface area is 88.5 Å². The van der Waals surface area contributed by atoms with Crippen LogP contribution in [0.25, 0.3) is 0 Å². The van der Waals surface area contributed by atoms with Gasteiger partial charge in [0.25, 0.3) is 0 Å². The fraction of sp³-hybridized carbons (Fsp3) is 0.364. The number of Topliss-reactive ketones (excluding diaryl/α,β-unsaturated/α-hetero) is 1. The van der Waals surface area contributed by atoms with E-state index < -0.39 is 0 Å². The molecular formula is C11H13ClO2. The molecule has 0 heterocycles. The Kier molecular flexibility index (Phi) is 3.53. The van der Waals surface area contributed by atoms with E-state index in [9.17, 15) is 9.90 Å². The number of hydrogen-bond acceptors (Lipinski definition) is 2. The molecule has 1 rings (SSSR count). The summed E-state index contributed by atoms with van der Waals surface area (Å²) in [5, 5.41) is 9.40. The number of benzene rings is 1. The second-order valence-electron chi connectivity index (χ2n) is 3.34. The van der Waals surface area contributed by atoms with Crippen LogP contribution in [-0.2, 0) is 0 Å². The molecule has 0 aliphatic rings. The minimum atomic E-state index is -0.00407. The van der Waals surface area contributed by atoms with Crippen molar-refractivity contribution in [1.82, 2.24) is 0 Å². The smallest absolute Gasteiger partial charge is 0.165 e. The third-order valence-corrected chi connectivity index (χ3v) is 2.59. The summed E-state index contributed by atoms with van der Waals surface area (Å²) in [6, 6.07) is 4.54. The van der Waals surface area contributed by atoms with Crippen molar-refractivity contribution in [2.45, 2.75) is 20.3 Å². The molecular weight excluding hydrogens is 200 g/mol. The van der Waals surface area contributed by atoms with Crippen molar-refractivity contribution in [3.63, 3.8) is 0 Å². The van der Waals surface area contributed by atoms with E-state index in [0.29, 0.717) is 5.56 Å². The molecule has 2 nitrogen and oxygen atoms in total. The van der Waals surface area contributed by atoms with Crippen LogP contribution in [0.1, 0.15) is 30.6 Å². The van der Waals surface area contributed by atoms with E-state index in [4.69, 9.17) is 11.6 Å². The van der Waals surface area contributed by atoms with Crippen LogP contribution in [0.2, 0.25) is 5.02 Å². The minimum Gasteiger partial charge on any atom is -0.506 e. The third kappa shape index (κ3) is 2.26. The number of phenolic OH excluding ortho intramolecular Hbond substituents is 1. The number of rotatable bonds is 3. The van der Waals surface area contributed by atoms with Crippen molar-refractivity contribution in [1.29, 1.82) is 0 Å². The fourth-order valence-electron chi connectivity index (χ4n) is 1.13. The molecule has 0 aromatic heterocycles. The SMILES string of the molecule is CCC(C)C(=O)c1ccc(O)c(Cl)c1. The van der Waals surface area contributed by atoms with E-state index in [0.717, 1.165) is 6.42 Å². The van der Waals surface area contributed by atoms with Gasteiger partial charge >= 0.3 is 0 Å². The van der Waals surface area contributed by atoms with Crippen molar-refractivity contribution >= 4 is 17.4 Å². The Balaban J connectivity index is 2.97. The Morgan fingerprint density at radius 2 is 2.21 bits per heavy atom. The van der Waals surface area contributed by atoms with Crippen molar-refractivity contribution in [2.24, 2.45) is 5.92 Å². The molecule has 0 radical (unpaired) electrons. The van der Waals surface area contributed by atoms with Crippen molar-refractivity contribution < 1.29 is 9.90 Å². The summed E-state index contributed by atoms with van der Waals surface area (Å²) in [6.07, 6.45) is 0.803. The molecule has 1 aromatic carbocycles. The molecule has 14 heavy (non-hydrogen) atoms. The average molecular weight is 213 g/mol. The molecule has 0 aliphatic carbocycles. The summed E-state index contributed by atoms with van der Waals surface area (Å²) in [4.78, 5) is 11.7. The van der Waals surface area contributed by atoms with Gasteiger partial charge in [-0.1, -0.05) is 25.4 Å². The first-order valence-electron chi connectivity index (χ1n) is 4.59. The van der Waals surface area contributed by atoms with Crippen molar-refractivity contribution in [2.75, 3.05) is 0 Å². The van der Waals surface area contributed by atoms with E-state index >= 15 is 0 Å². The quantitative estimate of drug-likeness (QED) is 0.781. The molecule has 0 amide bonds. The van der Waals surface area contributed by atoms with E-state index in [-0.39, 0.29) is 22.5 Å². The lowest BCUT2D eigenvalue weighted by atomic mass is 9.97. The van der Waals surface area contributed by atoms with E-state index in [1.165, 1.54) is 12.1 Å². The Hall–Kier alpha value is -1.02. The minimum absolute atomic E-state index is 0.00407. The summed E-state index contributed by atoms with van der Waals surface area (Å²) >= 11 is 5.70. The van der Waals surface area contributed by atoms with Crippen LogP contribution in [0.4, 0.5) is 0 Å². The number of phenols is 1. The summed E-state index contributed by atoms with van der Waals surface area (Å²) in [7, 11) is 0. The maximum absolute atomic E-state index is 11.7. The maximum Gasteiger partial charge on any atom is 0.165 e. The van der Waals surface area contributed by atoms with Gasteiger partial charge in [-0.3, -0.25) is 4.79 Å². The maximum atomic E-state index is 11.7. The highest BCUT2D eigenvalue weighted by atomic mass is 35.5. The Morgan fingerprint density at radius 3 is 2.71 bits per heavy atom. The Bertz CT molecular complexity index is 347. The van der Waals surface area contributed by atoms with Crippen LogP contribution in [-0.4, -0.2) is 10.9 Å². The normalized spacial score (nSPS) is 12.5. The molecule has 0 saturated heterocycles. The van der Waals surface area contributed by atoms with Gasteiger partial charge in [0.1, 0.15) is 5.75 Å². The van der Waals surface area contributed by atoms with Gasteiger partial charge in [0.15, 0.2) is 5.78 Å². The lowest BCUT2D eigenvalue weighted by molar-refractivity contribution is 0.0927. The molecule has 0 fully saturated rings. The van der Waals surface area contributed by atoms with Gasteiger partial charge in [-0.05, 0) is 24.6 Å². The molecule has 0 aliphatic heterocycles. The first-order valence-corrected chi connectivity index (χ1v) is 4.96. The van der Waals surface area contributed by atoms with Crippen LogP contribution in [0, 0.1) is 5.92 Å². The lowest BCUT2D eigenvalue weighted by Crippen LogP contribution is -2.09. The van der Waals surface area contributed by atoms with E-state index in [1.54, 1.807) is 6.07 Å². The summed E-state index contributed by atoms with van der Waals surface area (Å²) < 4.78 is 0. The number of halogens is 1. The molecule has 1 atom stereocenters. The standard InChI is InChI=1S/C11H13ClO2/c1-3-7(2)11(14)8-4-5-10(13)9(12)6-8/h4-7,13H,3H2,1-2H3. The fourth-order valence-corrected chi connectivity index (χ4v) is 1.31. The van der Waals surface area contributed by atoms with Crippen LogP contribution >= 0.6 is 11.6 Å². The number of hydrogen-bond donors (Lipinski definition) is 1. The molecule has 76 valence electrons. The molecule has 0 bridgehead atoms. The van der Waals surface area contributed by atoms with Gasteiger partial charge in [0.05, 0.1) is 5.02 Å². The highest BCUT2D eigenvalue weighted by molar-refractivity contribution is 6.32. The molecule has 1 aromatic rings. The van der Waals surface area contributed by atoms with Gasteiger partial charge in [-0.2, -0.15) is 0 Å². The van der Waals surface area contributed by atoms with E-state index in [2.05, 4.69) is 0 Å². The zero-order valence-corrected chi connectivity index (χ0v) is 9.01. The van der Waals surface area contributed by atoms with Crippen molar-refractivity contribution in [3.8, 4) is 5.75 Å². The summed E-state index contributed by atoms with van der Waals surface area (Å²) in [5.74, 6) is 0.0670. The zero-order valence-electron chi connectivity index (χ0n) is 8.25. The zero-order chi connectivity index (χ0) is 10.7. The first kappa shape index (κ1) is 11.1. The molecule has 0 spiro atoms. The predicted molar refractivity (Wildman–Crippen MR) is 56.9 cm³/mol. The van der Waals surface area contributed by atoms with Crippen LogP contribution < -0.4 is 0 Å². The number of aromatic hydroxyl groups is 1. The van der Waals surface area contributed by atoms with Gasteiger partial charge in [0.2, 0.25) is 0 Å². The second-order valence-corrected chi connectivity index (χ2v) is 3.75. The molecule has 1 N–H and O–H groups in total. The highest BCUT2D eigenvalue weighted by Crippen LogP contribution is 2.25. The first-order chi connectivity index (χ1) is 6.56. The van der Waals surface area contributed by atoms with Crippen LogP contribution in [0.15, 0.2) is 18.2 Å².